The first-order valence-corrected chi connectivity index (χ1v) is 6.21. The number of anilines is 2. The summed E-state index contributed by atoms with van der Waals surface area (Å²) in [7, 11) is 0. The predicted octanol–water partition coefficient (Wildman–Crippen LogP) is 3.53. The van der Waals surface area contributed by atoms with Crippen molar-refractivity contribution in [1.29, 1.82) is 0 Å². The molecule has 0 radical (unpaired) electrons. The number of aryl methyl sites for hydroxylation is 1. The molecule has 1 aromatic carbocycles. The molecule has 0 spiro atoms. The highest BCUT2D eigenvalue weighted by Gasteiger charge is 2.10. The molecule has 1 aromatic heterocycles. The van der Waals surface area contributed by atoms with E-state index in [1.54, 1.807) is 12.1 Å². The summed E-state index contributed by atoms with van der Waals surface area (Å²) in [6.45, 7) is 1.88. The number of aromatic nitrogens is 1. The van der Waals surface area contributed by atoms with E-state index < -0.39 is 0 Å². The fraction of sp³-hybridized carbons (Fsp3) is 0.0769. The quantitative estimate of drug-likeness (QED) is 0.890. The van der Waals surface area contributed by atoms with Crippen molar-refractivity contribution >= 4 is 40.6 Å². The van der Waals surface area contributed by atoms with E-state index in [1.165, 1.54) is 12.3 Å². The van der Waals surface area contributed by atoms with Crippen LogP contribution in [0.15, 0.2) is 30.5 Å². The van der Waals surface area contributed by atoms with Crippen molar-refractivity contribution in [2.75, 3.05) is 11.1 Å². The van der Waals surface area contributed by atoms with Crippen LogP contribution in [0.4, 0.5) is 11.5 Å². The Bertz CT molecular complexity index is 644. The summed E-state index contributed by atoms with van der Waals surface area (Å²) in [6.07, 6.45) is 1.37. The number of amides is 1. The largest absolute Gasteiger partial charge is 0.382 e. The zero-order valence-electron chi connectivity index (χ0n) is 10.1. The van der Waals surface area contributed by atoms with Gasteiger partial charge in [-0.05, 0) is 30.7 Å². The standard InChI is InChI=1S/C13H11Cl2N3O/c1-7-2-3-9(14)5-11(7)18-13(19)8-4-10(15)12(16)17-6-8/h2-6H,1H3,(H2,16,17)(H,18,19). The van der Waals surface area contributed by atoms with Crippen LogP contribution in [0, 0.1) is 6.92 Å². The SMILES string of the molecule is Cc1ccc(Cl)cc1NC(=O)c1cnc(N)c(Cl)c1. The van der Waals surface area contributed by atoms with Crippen LogP contribution in [0.1, 0.15) is 15.9 Å². The lowest BCUT2D eigenvalue weighted by Gasteiger charge is -2.09. The summed E-state index contributed by atoms with van der Waals surface area (Å²) in [6, 6.07) is 6.74. The highest BCUT2D eigenvalue weighted by molar-refractivity contribution is 6.33. The van der Waals surface area contributed by atoms with Gasteiger partial charge in [0.1, 0.15) is 5.82 Å². The molecule has 0 aliphatic heterocycles. The number of carbonyl (C=O) groups is 1. The molecule has 0 aliphatic carbocycles. The van der Waals surface area contributed by atoms with Crippen molar-refractivity contribution in [1.82, 2.24) is 4.98 Å². The third-order valence-electron chi connectivity index (χ3n) is 2.58. The molecule has 1 amide bonds. The molecule has 0 bridgehead atoms. The summed E-state index contributed by atoms with van der Waals surface area (Å²) in [5.41, 5.74) is 7.38. The van der Waals surface area contributed by atoms with E-state index in [1.807, 2.05) is 13.0 Å². The topological polar surface area (TPSA) is 68.0 Å². The van der Waals surface area contributed by atoms with E-state index >= 15 is 0 Å². The summed E-state index contributed by atoms with van der Waals surface area (Å²) in [5.74, 6) is -0.128. The van der Waals surface area contributed by atoms with Crippen molar-refractivity contribution in [2.24, 2.45) is 0 Å². The number of pyridine rings is 1. The molecule has 0 fully saturated rings. The van der Waals surface area contributed by atoms with E-state index in [0.29, 0.717) is 16.3 Å². The second-order valence-corrected chi connectivity index (χ2v) is 4.85. The highest BCUT2D eigenvalue weighted by atomic mass is 35.5. The lowest BCUT2D eigenvalue weighted by molar-refractivity contribution is 0.102. The molecule has 0 unspecified atom stereocenters. The molecule has 0 saturated carbocycles. The number of nitrogens with two attached hydrogens (primary N) is 1. The summed E-state index contributed by atoms with van der Waals surface area (Å²) in [4.78, 5) is 15.9. The van der Waals surface area contributed by atoms with Gasteiger partial charge in [-0.15, -0.1) is 0 Å². The number of nitrogens with one attached hydrogen (secondary N) is 1. The van der Waals surface area contributed by atoms with Gasteiger partial charge >= 0.3 is 0 Å². The second-order valence-electron chi connectivity index (χ2n) is 4.00. The molecular weight excluding hydrogens is 285 g/mol. The number of carbonyl (C=O) groups excluding carboxylic acids is 1. The molecule has 19 heavy (non-hydrogen) atoms. The number of benzene rings is 1. The van der Waals surface area contributed by atoms with Crippen LogP contribution in [0.5, 0.6) is 0 Å². The van der Waals surface area contributed by atoms with Gasteiger partial charge in [-0.2, -0.15) is 0 Å². The molecule has 4 nitrogen and oxygen atoms in total. The maximum absolute atomic E-state index is 12.0. The summed E-state index contributed by atoms with van der Waals surface area (Å²) < 4.78 is 0. The Hall–Kier alpha value is -1.78. The lowest BCUT2D eigenvalue weighted by Crippen LogP contribution is -2.13. The van der Waals surface area contributed by atoms with Crippen molar-refractivity contribution in [3.8, 4) is 0 Å². The number of rotatable bonds is 2. The minimum atomic E-state index is -0.320. The fourth-order valence-electron chi connectivity index (χ4n) is 1.50. The molecule has 98 valence electrons. The Labute approximate surface area is 120 Å². The molecule has 0 saturated heterocycles. The number of hydrogen-bond acceptors (Lipinski definition) is 3. The maximum Gasteiger partial charge on any atom is 0.257 e. The first-order valence-electron chi connectivity index (χ1n) is 5.46. The van der Waals surface area contributed by atoms with Gasteiger partial charge in [0.15, 0.2) is 0 Å². The average Bonchev–Trinajstić information content (AvgIpc) is 2.37. The van der Waals surface area contributed by atoms with Crippen molar-refractivity contribution in [3.05, 3.63) is 51.6 Å². The zero-order chi connectivity index (χ0) is 14.0. The molecule has 6 heteroatoms. The van der Waals surface area contributed by atoms with Crippen LogP contribution in [0.25, 0.3) is 0 Å². The number of hydrogen-bond donors (Lipinski definition) is 2. The van der Waals surface area contributed by atoms with Crippen LogP contribution in [-0.2, 0) is 0 Å². The van der Waals surface area contributed by atoms with Crippen molar-refractivity contribution < 1.29 is 4.79 Å². The van der Waals surface area contributed by atoms with Gasteiger partial charge < -0.3 is 11.1 Å². The van der Waals surface area contributed by atoms with Crippen LogP contribution >= 0.6 is 23.2 Å². The minimum Gasteiger partial charge on any atom is -0.382 e. The van der Waals surface area contributed by atoms with Gasteiger partial charge in [-0.3, -0.25) is 4.79 Å². The first kappa shape index (κ1) is 13.6. The summed E-state index contributed by atoms with van der Waals surface area (Å²) >= 11 is 11.7. The van der Waals surface area contributed by atoms with Crippen LogP contribution < -0.4 is 11.1 Å². The van der Waals surface area contributed by atoms with E-state index in [9.17, 15) is 4.79 Å². The lowest BCUT2D eigenvalue weighted by atomic mass is 10.2. The van der Waals surface area contributed by atoms with E-state index in [4.69, 9.17) is 28.9 Å². The third-order valence-corrected chi connectivity index (χ3v) is 3.12. The van der Waals surface area contributed by atoms with Crippen LogP contribution in [0.2, 0.25) is 10.0 Å². The fourth-order valence-corrected chi connectivity index (χ4v) is 1.83. The molecular formula is C13H11Cl2N3O. The van der Waals surface area contributed by atoms with Gasteiger partial charge in [0.05, 0.1) is 10.6 Å². The predicted molar refractivity (Wildman–Crippen MR) is 77.8 cm³/mol. The van der Waals surface area contributed by atoms with Crippen LogP contribution in [-0.4, -0.2) is 10.9 Å². The Balaban J connectivity index is 2.25. The van der Waals surface area contributed by atoms with Crippen molar-refractivity contribution in [2.45, 2.75) is 6.92 Å². The monoisotopic (exact) mass is 295 g/mol. The Kier molecular flexibility index (Phi) is 3.93. The van der Waals surface area contributed by atoms with E-state index in [2.05, 4.69) is 10.3 Å². The zero-order valence-corrected chi connectivity index (χ0v) is 11.6. The number of nitrogen functional groups attached to an aromatic ring is 1. The first-order chi connectivity index (χ1) is 8.97. The van der Waals surface area contributed by atoms with Crippen LogP contribution in [0.3, 0.4) is 0 Å². The number of halogens is 2. The van der Waals surface area contributed by atoms with E-state index in [0.717, 1.165) is 5.56 Å². The smallest absolute Gasteiger partial charge is 0.257 e. The second kappa shape index (κ2) is 5.47. The van der Waals surface area contributed by atoms with Gasteiger partial charge in [-0.1, -0.05) is 29.3 Å². The highest BCUT2D eigenvalue weighted by Crippen LogP contribution is 2.22. The molecule has 0 aliphatic rings. The number of nitrogens with zero attached hydrogens (tertiary/aromatic N) is 1. The van der Waals surface area contributed by atoms with Gasteiger partial charge in [0.2, 0.25) is 0 Å². The third kappa shape index (κ3) is 3.16. The molecule has 2 aromatic rings. The van der Waals surface area contributed by atoms with Crippen molar-refractivity contribution in [3.63, 3.8) is 0 Å². The molecule has 1 heterocycles. The maximum atomic E-state index is 12.0. The minimum absolute atomic E-state index is 0.192. The van der Waals surface area contributed by atoms with Gasteiger partial charge in [-0.25, -0.2) is 4.98 Å². The van der Waals surface area contributed by atoms with Gasteiger partial charge in [0, 0.05) is 16.9 Å². The molecule has 3 N–H and O–H groups in total. The van der Waals surface area contributed by atoms with Gasteiger partial charge in [0.25, 0.3) is 5.91 Å². The summed E-state index contributed by atoms with van der Waals surface area (Å²) in [5, 5.41) is 3.55. The Morgan fingerprint density at radius 3 is 2.74 bits per heavy atom. The molecule has 2 rings (SSSR count). The van der Waals surface area contributed by atoms with E-state index in [-0.39, 0.29) is 16.7 Å². The normalized spacial score (nSPS) is 10.3. The average molecular weight is 296 g/mol. The Morgan fingerprint density at radius 2 is 2.05 bits per heavy atom. The Morgan fingerprint density at radius 1 is 1.32 bits per heavy atom. The molecule has 0 atom stereocenters.